The van der Waals surface area contributed by atoms with Gasteiger partial charge in [0, 0.05) is 12.1 Å². The summed E-state index contributed by atoms with van der Waals surface area (Å²) in [6.07, 6.45) is 0. The quantitative estimate of drug-likeness (QED) is 0.750. The molecule has 118 valence electrons. The highest BCUT2D eigenvalue weighted by Gasteiger charge is 2.16. The average Bonchev–Trinajstić information content (AvgIpc) is 3.06. The topological polar surface area (TPSA) is 88.7 Å². The fourth-order valence-corrected chi connectivity index (χ4v) is 2.05. The zero-order chi connectivity index (χ0) is 16.1. The molecule has 0 bridgehead atoms. The highest BCUT2D eigenvalue weighted by Crippen LogP contribution is 2.32. The molecule has 0 spiro atoms. The van der Waals surface area contributed by atoms with Gasteiger partial charge in [0.05, 0.1) is 0 Å². The molecule has 7 nitrogen and oxygen atoms in total. The zero-order valence-electron chi connectivity index (χ0n) is 12.2. The molecule has 1 heterocycles. The van der Waals surface area contributed by atoms with Crippen LogP contribution in [-0.2, 0) is 6.54 Å². The van der Waals surface area contributed by atoms with E-state index in [9.17, 15) is 9.59 Å². The summed E-state index contributed by atoms with van der Waals surface area (Å²) < 4.78 is 10.4. The second kappa shape index (κ2) is 6.69. The summed E-state index contributed by atoms with van der Waals surface area (Å²) in [6, 6.07) is 13.8. The third-order valence-corrected chi connectivity index (χ3v) is 3.22. The van der Waals surface area contributed by atoms with Crippen molar-refractivity contribution in [3.8, 4) is 11.5 Å². The molecule has 3 amide bonds. The molecule has 0 aromatic heterocycles. The van der Waals surface area contributed by atoms with E-state index in [0.717, 1.165) is 5.56 Å². The van der Waals surface area contributed by atoms with Crippen molar-refractivity contribution >= 4 is 11.9 Å². The van der Waals surface area contributed by atoms with Gasteiger partial charge in [-0.3, -0.25) is 10.2 Å². The molecule has 2 aromatic rings. The first-order valence-electron chi connectivity index (χ1n) is 7.00. The van der Waals surface area contributed by atoms with Crippen molar-refractivity contribution in [2.24, 2.45) is 0 Å². The molecular weight excluding hydrogens is 298 g/mol. The molecule has 3 rings (SSSR count). The van der Waals surface area contributed by atoms with Crippen molar-refractivity contribution in [3.63, 3.8) is 0 Å². The fraction of sp³-hybridized carbons (Fsp3) is 0.125. The number of benzene rings is 2. The lowest BCUT2D eigenvalue weighted by Crippen LogP contribution is -2.46. The molecule has 0 atom stereocenters. The number of carbonyl (C=O) groups excluding carboxylic acids is 2. The molecule has 0 aliphatic carbocycles. The summed E-state index contributed by atoms with van der Waals surface area (Å²) in [5.41, 5.74) is 5.95. The van der Waals surface area contributed by atoms with Crippen LogP contribution in [0, 0.1) is 0 Å². The van der Waals surface area contributed by atoms with Crippen LogP contribution in [0.5, 0.6) is 11.5 Å². The Morgan fingerprint density at radius 3 is 2.57 bits per heavy atom. The Bertz CT molecular complexity index is 719. The first kappa shape index (κ1) is 14.7. The number of ether oxygens (including phenoxy) is 2. The number of fused-ring (bicyclic) bond motifs is 1. The highest BCUT2D eigenvalue weighted by molar-refractivity contribution is 5.95. The van der Waals surface area contributed by atoms with E-state index < -0.39 is 11.9 Å². The smallest absolute Gasteiger partial charge is 0.333 e. The van der Waals surface area contributed by atoms with E-state index in [4.69, 9.17) is 9.47 Å². The van der Waals surface area contributed by atoms with E-state index >= 15 is 0 Å². The predicted octanol–water partition coefficient (Wildman–Crippen LogP) is 1.56. The lowest BCUT2D eigenvalue weighted by Gasteiger charge is -2.09. The number of amides is 3. The summed E-state index contributed by atoms with van der Waals surface area (Å²) in [6.45, 7) is 0.507. The number of carbonyl (C=O) groups is 2. The van der Waals surface area contributed by atoms with Crippen molar-refractivity contribution in [2.45, 2.75) is 6.54 Å². The van der Waals surface area contributed by atoms with Crippen LogP contribution in [0.4, 0.5) is 4.79 Å². The average molecular weight is 313 g/mol. The highest BCUT2D eigenvalue weighted by atomic mass is 16.7. The third kappa shape index (κ3) is 3.70. The van der Waals surface area contributed by atoms with Crippen LogP contribution < -0.4 is 25.6 Å². The number of urea groups is 1. The van der Waals surface area contributed by atoms with E-state index in [0.29, 0.717) is 23.6 Å². The number of hydrazine groups is 1. The summed E-state index contributed by atoms with van der Waals surface area (Å²) in [4.78, 5) is 23.6. The van der Waals surface area contributed by atoms with Crippen LogP contribution in [0.15, 0.2) is 48.5 Å². The number of hydrogen-bond acceptors (Lipinski definition) is 4. The Morgan fingerprint density at radius 1 is 0.957 bits per heavy atom. The van der Waals surface area contributed by atoms with Gasteiger partial charge in [-0.25, -0.2) is 10.2 Å². The fourth-order valence-electron chi connectivity index (χ4n) is 2.05. The van der Waals surface area contributed by atoms with Gasteiger partial charge >= 0.3 is 6.03 Å². The van der Waals surface area contributed by atoms with Crippen molar-refractivity contribution in [2.75, 3.05) is 6.79 Å². The molecule has 0 saturated heterocycles. The van der Waals surface area contributed by atoms with Crippen molar-refractivity contribution in [3.05, 3.63) is 59.7 Å². The predicted molar refractivity (Wildman–Crippen MR) is 81.8 cm³/mol. The van der Waals surface area contributed by atoms with Gasteiger partial charge in [0.25, 0.3) is 5.91 Å². The Labute approximate surface area is 132 Å². The number of hydrogen-bond donors (Lipinski definition) is 3. The van der Waals surface area contributed by atoms with Crippen LogP contribution in [-0.4, -0.2) is 18.7 Å². The Morgan fingerprint density at radius 2 is 1.74 bits per heavy atom. The van der Waals surface area contributed by atoms with Gasteiger partial charge in [-0.05, 0) is 23.8 Å². The third-order valence-electron chi connectivity index (χ3n) is 3.22. The first-order chi connectivity index (χ1) is 11.2. The molecule has 0 fully saturated rings. The van der Waals surface area contributed by atoms with Crippen LogP contribution in [0.1, 0.15) is 15.9 Å². The largest absolute Gasteiger partial charge is 0.454 e. The van der Waals surface area contributed by atoms with Gasteiger partial charge < -0.3 is 14.8 Å². The molecule has 1 aliphatic rings. The Kier molecular flexibility index (Phi) is 4.28. The molecule has 7 heteroatoms. The monoisotopic (exact) mass is 313 g/mol. The van der Waals surface area contributed by atoms with E-state index in [2.05, 4.69) is 16.2 Å². The van der Waals surface area contributed by atoms with E-state index in [1.807, 2.05) is 30.3 Å². The van der Waals surface area contributed by atoms with Crippen molar-refractivity contribution in [1.82, 2.24) is 16.2 Å². The minimum absolute atomic E-state index is 0.139. The second-order valence-electron chi connectivity index (χ2n) is 4.82. The lowest BCUT2D eigenvalue weighted by atomic mass is 10.2. The van der Waals surface area contributed by atoms with Gasteiger partial charge in [0.2, 0.25) is 6.79 Å². The SMILES string of the molecule is O=C(NCc1ccccc1)NNC(=O)c1ccc2c(c1)OCO2. The normalized spacial score (nSPS) is 11.7. The van der Waals surface area contributed by atoms with Crippen molar-refractivity contribution < 1.29 is 19.1 Å². The van der Waals surface area contributed by atoms with E-state index in [1.54, 1.807) is 18.2 Å². The molecule has 0 radical (unpaired) electrons. The van der Waals surface area contributed by atoms with Gasteiger partial charge in [-0.15, -0.1) is 0 Å². The van der Waals surface area contributed by atoms with Crippen LogP contribution >= 0.6 is 0 Å². The minimum atomic E-state index is -0.497. The standard InChI is InChI=1S/C16H15N3O4/c20-15(12-6-7-13-14(8-12)23-10-22-13)18-19-16(21)17-9-11-4-2-1-3-5-11/h1-8H,9-10H2,(H,18,20)(H2,17,19,21). The van der Waals surface area contributed by atoms with Gasteiger partial charge in [0.1, 0.15) is 0 Å². The Hall–Kier alpha value is -3.22. The molecule has 2 aromatic carbocycles. The van der Waals surface area contributed by atoms with Crippen molar-refractivity contribution in [1.29, 1.82) is 0 Å². The van der Waals surface area contributed by atoms with Gasteiger partial charge in [-0.2, -0.15) is 0 Å². The maximum atomic E-state index is 12.0. The number of nitrogens with one attached hydrogen (secondary N) is 3. The van der Waals surface area contributed by atoms with Crippen LogP contribution in [0.2, 0.25) is 0 Å². The summed E-state index contributed by atoms with van der Waals surface area (Å²) in [7, 11) is 0. The molecular formula is C16H15N3O4. The molecule has 3 N–H and O–H groups in total. The molecule has 0 saturated carbocycles. The summed E-state index contributed by atoms with van der Waals surface area (Å²) in [5.74, 6) is 0.652. The summed E-state index contributed by atoms with van der Waals surface area (Å²) >= 11 is 0. The van der Waals surface area contributed by atoms with Crippen LogP contribution in [0.3, 0.4) is 0 Å². The van der Waals surface area contributed by atoms with Gasteiger partial charge in [0.15, 0.2) is 11.5 Å². The zero-order valence-corrected chi connectivity index (χ0v) is 12.2. The molecule has 0 unspecified atom stereocenters. The number of rotatable bonds is 3. The maximum absolute atomic E-state index is 12.0. The van der Waals surface area contributed by atoms with Crippen LogP contribution in [0.25, 0.3) is 0 Å². The summed E-state index contributed by atoms with van der Waals surface area (Å²) in [5, 5.41) is 2.64. The molecule has 1 aliphatic heterocycles. The minimum Gasteiger partial charge on any atom is -0.454 e. The second-order valence-corrected chi connectivity index (χ2v) is 4.82. The van der Waals surface area contributed by atoms with Gasteiger partial charge in [-0.1, -0.05) is 30.3 Å². The van der Waals surface area contributed by atoms with E-state index in [1.165, 1.54) is 0 Å². The molecule has 23 heavy (non-hydrogen) atoms. The maximum Gasteiger partial charge on any atom is 0.333 e. The lowest BCUT2D eigenvalue weighted by molar-refractivity contribution is 0.0936. The van der Waals surface area contributed by atoms with E-state index in [-0.39, 0.29) is 6.79 Å². The first-order valence-corrected chi connectivity index (χ1v) is 7.00. The Balaban J connectivity index is 1.48.